The summed E-state index contributed by atoms with van der Waals surface area (Å²) in [4.78, 5) is 12.9. The summed E-state index contributed by atoms with van der Waals surface area (Å²) >= 11 is 0. The molecule has 0 atom stereocenters. The van der Waals surface area contributed by atoms with Gasteiger partial charge in [-0.2, -0.15) is 26.3 Å². The van der Waals surface area contributed by atoms with Gasteiger partial charge in [0.05, 0.1) is 11.1 Å². The van der Waals surface area contributed by atoms with Crippen LogP contribution < -0.4 is 5.32 Å². The van der Waals surface area contributed by atoms with Crippen molar-refractivity contribution in [1.82, 2.24) is 5.32 Å². The normalized spacial score (nSPS) is 13.6. The molecule has 0 radical (unpaired) electrons. The van der Waals surface area contributed by atoms with Gasteiger partial charge in [0, 0.05) is 18.7 Å². The second kappa shape index (κ2) is 14.0. The van der Waals surface area contributed by atoms with Gasteiger partial charge in [-0.1, -0.05) is 43.3 Å². The number of allylic oxidation sites excluding steroid dienone is 5. The van der Waals surface area contributed by atoms with Crippen molar-refractivity contribution in [3.8, 4) is 0 Å². The predicted octanol–water partition coefficient (Wildman–Crippen LogP) is 7.83. The van der Waals surface area contributed by atoms with Crippen molar-refractivity contribution in [3.63, 3.8) is 0 Å². The third-order valence-electron chi connectivity index (χ3n) is 5.74. The molecular weight excluding hydrogens is 508 g/mol. The number of hydrogen-bond acceptors (Lipinski definition) is 2. The molecule has 0 aliphatic heterocycles. The van der Waals surface area contributed by atoms with Crippen molar-refractivity contribution in [1.29, 1.82) is 0 Å². The van der Waals surface area contributed by atoms with Crippen LogP contribution in [0.4, 0.5) is 26.3 Å². The molecule has 38 heavy (non-hydrogen) atoms. The Morgan fingerprint density at radius 2 is 1.39 bits per heavy atom. The fraction of sp³-hybridized carbons (Fsp3) is 0.345. The van der Waals surface area contributed by atoms with Gasteiger partial charge in [-0.25, -0.2) is 0 Å². The Kier molecular flexibility index (Phi) is 11.4. The molecule has 2 aromatic rings. The van der Waals surface area contributed by atoms with E-state index in [2.05, 4.69) is 5.32 Å². The molecule has 206 valence electrons. The molecule has 0 aliphatic carbocycles. The van der Waals surface area contributed by atoms with E-state index < -0.39 is 23.5 Å². The number of carbonyl (C=O) groups is 1. The zero-order valence-corrected chi connectivity index (χ0v) is 21.2. The molecule has 9 heteroatoms. The van der Waals surface area contributed by atoms with Crippen LogP contribution in [0.2, 0.25) is 0 Å². The van der Waals surface area contributed by atoms with Gasteiger partial charge in [0.1, 0.15) is 0 Å². The van der Waals surface area contributed by atoms with Crippen molar-refractivity contribution in [2.45, 2.75) is 51.9 Å². The second-order valence-corrected chi connectivity index (χ2v) is 8.65. The molecular formula is C29H31F6NO2. The molecule has 0 unspecified atom stereocenters. The maximum atomic E-state index is 13.0. The number of amides is 1. The lowest BCUT2D eigenvalue weighted by Crippen LogP contribution is -2.26. The maximum Gasteiger partial charge on any atom is 0.416 e. The Morgan fingerprint density at radius 1 is 0.868 bits per heavy atom. The highest BCUT2D eigenvalue weighted by Crippen LogP contribution is 2.32. The molecule has 0 fully saturated rings. The van der Waals surface area contributed by atoms with Crippen molar-refractivity contribution in [3.05, 3.63) is 94.6 Å². The van der Waals surface area contributed by atoms with Gasteiger partial charge in [0.25, 0.3) is 0 Å². The van der Waals surface area contributed by atoms with Gasteiger partial charge in [-0.15, -0.1) is 0 Å². The molecule has 2 rings (SSSR count). The number of halogens is 6. The first-order valence-corrected chi connectivity index (χ1v) is 12.2. The molecule has 3 nitrogen and oxygen atoms in total. The SMILES string of the molecule is CC/C=C(\C=C(/CC/C=C(\C)c1ccc(C(F)(F)F)cc1)C(=O)NCCCO)c1ccc(C(F)(F)F)cc1. The van der Waals surface area contributed by atoms with E-state index in [0.717, 1.165) is 29.8 Å². The van der Waals surface area contributed by atoms with Crippen LogP contribution in [0.1, 0.15) is 61.8 Å². The first-order chi connectivity index (χ1) is 17.9. The van der Waals surface area contributed by atoms with Gasteiger partial charge < -0.3 is 10.4 Å². The summed E-state index contributed by atoms with van der Waals surface area (Å²) in [5, 5.41) is 11.7. The second-order valence-electron chi connectivity index (χ2n) is 8.65. The maximum absolute atomic E-state index is 13.0. The van der Waals surface area contributed by atoms with Crippen LogP contribution in [0.5, 0.6) is 0 Å². The number of alkyl halides is 6. The lowest BCUT2D eigenvalue weighted by molar-refractivity contribution is -0.138. The van der Waals surface area contributed by atoms with E-state index >= 15 is 0 Å². The standard InChI is InChI=1S/C29H31F6NO2/c1-3-6-23(22-11-15-26(16-12-22)29(33,34)35)19-24(27(38)36-17-5-18-37)8-4-7-20(2)21-9-13-25(14-10-21)28(30,31)32/h6-7,9-16,19,37H,3-5,8,17-18H2,1-2H3,(H,36,38)/b20-7+,23-6+,24-19+. The summed E-state index contributed by atoms with van der Waals surface area (Å²) in [6.07, 6.45) is -1.98. The van der Waals surface area contributed by atoms with Gasteiger partial charge in [-0.05, 0) is 85.2 Å². The highest BCUT2D eigenvalue weighted by Gasteiger charge is 2.30. The largest absolute Gasteiger partial charge is 0.416 e. The first kappa shape index (κ1) is 30.9. The lowest BCUT2D eigenvalue weighted by atomic mass is 9.97. The monoisotopic (exact) mass is 539 g/mol. The van der Waals surface area contributed by atoms with Crippen LogP contribution in [0, 0.1) is 0 Å². The third kappa shape index (κ3) is 9.52. The van der Waals surface area contributed by atoms with Crippen molar-refractivity contribution in [2.75, 3.05) is 13.2 Å². The molecule has 0 aliphatic rings. The van der Waals surface area contributed by atoms with Crippen LogP contribution in [-0.2, 0) is 17.1 Å². The number of hydrogen-bond donors (Lipinski definition) is 2. The lowest BCUT2D eigenvalue weighted by Gasteiger charge is -2.12. The van der Waals surface area contributed by atoms with Crippen LogP contribution >= 0.6 is 0 Å². The first-order valence-electron chi connectivity index (χ1n) is 12.2. The number of aliphatic hydroxyl groups excluding tert-OH is 1. The number of aliphatic hydroxyl groups is 1. The number of rotatable bonds is 11. The summed E-state index contributed by atoms with van der Waals surface area (Å²) in [5.74, 6) is -0.368. The predicted molar refractivity (Wildman–Crippen MR) is 137 cm³/mol. The van der Waals surface area contributed by atoms with E-state index in [1.54, 1.807) is 13.0 Å². The number of carbonyl (C=O) groups excluding carboxylic acids is 1. The van der Waals surface area contributed by atoms with Crippen LogP contribution in [0.3, 0.4) is 0 Å². The van der Waals surface area contributed by atoms with E-state index in [9.17, 15) is 31.1 Å². The summed E-state index contributed by atoms with van der Waals surface area (Å²) in [6, 6.07) is 9.50. The Bertz CT molecular complexity index is 1140. The average Bonchev–Trinajstić information content (AvgIpc) is 2.86. The van der Waals surface area contributed by atoms with Crippen molar-refractivity contribution in [2.24, 2.45) is 0 Å². The Labute approximate surface area is 218 Å². The highest BCUT2D eigenvalue weighted by atomic mass is 19.4. The zero-order valence-electron chi connectivity index (χ0n) is 21.2. The molecule has 0 heterocycles. The summed E-state index contributed by atoms with van der Waals surface area (Å²) in [7, 11) is 0. The summed E-state index contributed by atoms with van der Waals surface area (Å²) < 4.78 is 77.4. The molecule has 0 saturated heterocycles. The minimum absolute atomic E-state index is 0.0963. The van der Waals surface area contributed by atoms with E-state index in [4.69, 9.17) is 5.11 Å². The Balaban J connectivity index is 2.29. The molecule has 0 saturated carbocycles. The minimum Gasteiger partial charge on any atom is -0.396 e. The van der Waals surface area contributed by atoms with Crippen LogP contribution in [-0.4, -0.2) is 24.2 Å². The van der Waals surface area contributed by atoms with Gasteiger partial charge >= 0.3 is 12.4 Å². The van der Waals surface area contributed by atoms with E-state index in [0.29, 0.717) is 41.5 Å². The van der Waals surface area contributed by atoms with Crippen molar-refractivity contribution >= 4 is 17.1 Å². The average molecular weight is 540 g/mol. The fourth-order valence-corrected chi connectivity index (χ4v) is 3.65. The van der Waals surface area contributed by atoms with Gasteiger partial charge in [0.15, 0.2) is 0 Å². The number of benzene rings is 2. The van der Waals surface area contributed by atoms with E-state index in [1.165, 1.54) is 24.3 Å². The Hall–Kier alpha value is -3.33. The molecule has 0 spiro atoms. The van der Waals surface area contributed by atoms with E-state index in [1.807, 2.05) is 19.1 Å². The summed E-state index contributed by atoms with van der Waals surface area (Å²) in [6.45, 7) is 3.79. The molecule has 0 bridgehead atoms. The fourth-order valence-electron chi connectivity index (χ4n) is 3.65. The molecule has 2 N–H and O–H groups in total. The molecule has 0 aromatic heterocycles. The Morgan fingerprint density at radius 3 is 1.87 bits per heavy atom. The summed E-state index contributed by atoms with van der Waals surface area (Å²) in [5.41, 5.74) is 1.36. The molecule has 2 aromatic carbocycles. The van der Waals surface area contributed by atoms with Gasteiger partial charge in [-0.3, -0.25) is 4.79 Å². The minimum atomic E-state index is -4.46. The zero-order chi connectivity index (χ0) is 28.3. The van der Waals surface area contributed by atoms with E-state index in [-0.39, 0.29) is 25.5 Å². The number of nitrogens with one attached hydrogen (secondary N) is 1. The van der Waals surface area contributed by atoms with Crippen LogP contribution in [0.25, 0.3) is 11.1 Å². The third-order valence-corrected chi connectivity index (χ3v) is 5.74. The quantitative estimate of drug-likeness (QED) is 0.132. The van der Waals surface area contributed by atoms with Gasteiger partial charge in [0.2, 0.25) is 5.91 Å². The topological polar surface area (TPSA) is 49.3 Å². The van der Waals surface area contributed by atoms with Crippen LogP contribution in [0.15, 0.2) is 72.3 Å². The smallest absolute Gasteiger partial charge is 0.396 e. The molecule has 1 amide bonds. The van der Waals surface area contributed by atoms with Crippen molar-refractivity contribution < 1.29 is 36.2 Å². The highest BCUT2D eigenvalue weighted by molar-refractivity contribution is 5.96.